The molecular weight excluding hydrogens is 402 g/mol. The second kappa shape index (κ2) is 10.8. The molecule has 31 heavy (non-hydrogen) atoms. The lowest BCUT2D eigenvalue weighted by molar-refractivity contribution is 0.0525. The summed E-state index contributed by atoms with van der Waals surface area (Å²) < 4.78 is 21.0. The summed E-state index contributed by atoms with van der Waals surface area (Å²) in [5.41, 5.74) is 1.02. The summed E-state index contributed by atoms with van der Waals surface area (Å²) >= 11 is 0. The van der Waals surface area contributed by atoms with Crippen molar-refractivity contribution < 1.29 is 33.3 Å². The maximum Gasteiger partial charge on any atom is 0.338 e. The van der Waals surface area contributed by atoms with Crippen LogP contribution in [0.4, 0.5) is 5.69 Å². The predicted molar refractivity (Wildman–Crippen MR) is 112 cm³/mol. The third kappa shape index (κ3) is 6.61. The highest BCUT2D eigenvalue weighted by Crippen LogP contribution is 2.17. The average Bonchev–Trinajstić information content (AvgIpc) is 3.33. The van der Waals surface area contributed by atoms with E-state index < -0.39 is 12.1 Å². The number of amides is 1. The number of carbonyl (C=O) groups is 2. The molecule has 0 aliphatic rings. The standard InChI is InChI=1S/C23H23NO7/c1-2-28-23(27)16-5-9-19(10-6-16)30-14-18(25)15-31-20-11-7-17(8-12-20)24-22(26)21-4-3-13-29-21/h3-13,18,25H,2,14-15H2,1H3,(H,24,26). The smallest absolute Gasteiger partial charge is 0.338 e. The van der Waals surface area contributed by atoms with E-state index in [1.807, 2.05) is 0 Å². The van der Waals surface area contributed by atoms with Gasteiger partial charge in [-0.2, -0.15) is 0 Å². The van der Waals surface area contributed by atoms with Crippen LogP contribution < -0.4 is 14.8 Å². The number of hydrogen-bond acceptors (Lipinski definition) is 7. The first-order valence-electron chi connectivity index (χ1n) is 9.71. The Kier molecular flexibility index (Phi) is 7.67. The summed E-state index contributed by atoms with van der Waals surface area (Å²) in [6, 6.07) is 16.4. The first-order chi connectivity index (χ1) is 15.0. The SMILES string of the molecule is CCOC(=O)c1ccc(OCC(O)COc2ccc(NC(=O)c3ccco3)cc2)cc1. The molecule has 1 atom stereocenters. The van der Waals surface area contributed by atoms with E-state index in [9.17, 15) is 14.7 Å². The van der Waals surface area contributed by atoms with Crippen LogP contribution in [0.25, 0.3) is 0 Å². The van der Waals surface area contributed by atoms with Crippen molar-refractivity contribution in [1.29, 1.82) is 0 Å². The fourth-order valence-corrected chi connectivity index (χ4v) is 2.57. The molecule has 0 saturated carbocycles. The highest BCUT2D eigenvalue weighted by atomic mass is 16.5. The number of ether oxygens (including phenoxy) is 3. The fourth-order valence-electron chi connectivity index (χ4n) is 2.57. The Labute approximate surface area is 179 Å². The molecule has 2 aromatic carbocycles. The highest BCUT2D eigenvalue weighted by Gasteiger charge is 2.10. The zero-order valence-electron chi connectivity index (χ0n) is 16.9. The Morgan fingerprint density at radius 2 is 1.58 bits per heavy atom. The summed E-state index contributed by atoms with van der Waals surface area (Å²) in [4.78, 5) is 23.6. The number of benzene rings is 2. The van der Waals surface area contributed by atoms with Crippen LogP contribution in [0, 0.1) is 0 Å². The van der Waals surface area contributed by atoms with Crippen LogP contribution in [0.2, 0.25) is 0 Å². The van der Waals surface area contributed by atoms with Gasteiger partial charge in [-0.25, -0.2) is 4.79 Å². The molecule has 1 aromatic heterocycles. The number of esters is 1. The van der Waals surface area contributed by atoms with E-state index in [2.05, 4.69) is 5.32 Å². The first kappa shape index (κ1) is 21.9. The molecule has 1 amide bonds. The van der Waals surface area contributed by atoms with Gasteiger partial charge in [0.15, 0.2) is 5.76 Å². The fraction of sp³-hybridized carbons (Fsp3) is 0.217. The Morgan fingerprint density at radius 1 is 0.968 bits per heavy atom. The van der Waals surface area contributed by atoms with Gasteiger partial charge >= 0.3 is 5.97 Å². The summed E-state index contributed by atoms with van der Waals surface area (Å²) in [6.07, 6.45) is 0.572. The molecule has 0 aliphatic heterocycles. The zero-order chi connectivity index (χ0) is 22.1. The van der Waals surface area contributed by atoms with Gasteiger partial charge in [0, 0.05) is 5.69 Å². The third-order valence-electron chi connectivity index (χ3n) is 4.11. The predicted octanol–water partition coefficient (Wildman–Crippen LogP) is 3.53. The van der Waals surface area contributed by atoms with Gasteiger partial charge in [0.1, 0.15) is 30.8 Å². The van der Waals surface area contributed by atoms with Crippen molar-refractivity contribution in [2.24, 2.45) is 0 Å². The minimum Gasteiger partial charge on any atom is -0.491 e. The van der Waals surface area contributed by atoms with Crippen molar-refractivity contribution in [3.05, 3.63) is 78.3 Å². The third-order valence-corrected chi connectivity index (χ3v) is 4.11. The van der Waals surface area contributed by atoms with Crippen LogP contribution in [-0.2, 0) is 4.74 Å². The Morgan fingerprint density at radius 3 is 2.13 bits per heavy atom. The topological polar surface area (TPSA) is 107 Å². The van der Waals surface area contributed by atoms with Gasteiger partial charge in [-0.15, -0.1) is 0 Å². The summed E-state index contributed by atoms with van der Waals surface area (Å²) in [5, 5.41) is 12.8. The molecule has 0 spiro atoms. The molecule has 0 bridgehead atoms. The summed E-state index contributed by atoms with van der Waals surface area (Å²) in [6.45, 7) is 2.11. The number of aliphatic hydroxyl groups excluding tert-OH is 1. The van der Waals surface area contributed by atoms with E-state index in [0.29, 0.717) is 29.4 Å². The van der Waals surface area contributed by atoms with Crippen LogP contribution in [0.1, 0.15) is 27.8 Å². The minimum absolute atomic E-state index is 0.0239. The van der Waals surface area contributed by atoms with E-state index >= 15 is 0 Å². The number of aliphatic hydroxyl groups is 1. The molecule has 0 radical (unpaired) electrons. The summed E-state index contributed by atoms with van der Waals surface area (Å²) in [5.74, 6) is 0.534. The van der Waals surface area contributed by atoms with Crippen molar-refractivity contribution in [2.75, 3.05) is 25.1 Å². The van der Waals surface area contributed by atoms with E-state index in [1.54, 1.807) is 67.6 Å². The van der Waals surface area contributed by atoms with Crippen LogP contribution >= 0.6 is 0 Å². The number of nitrogens with one attached hydrogen (secondary N) is 1. The Bertz CT molecular complexity index is 966. The van der Waals surface area contributed by atoms with E-state index in [1.165, 1.54) is 6.26 Å². The monoisotopic (exact) mass is 425 g/mol. The van der Waals surface area contributed by atoms with Crippen LogP contribution in [0.15, 0.2) is 71.3 Å². The van der Waals surface area contributed by atoms with E-state index in [4.69, 9.17) is 18.6 Å². The molecule has 0 saturated heterocycles. The van der Waals surface area contributed by atoms with Gasteiger partial charge in [0.25, 0.3) is 5.91 Å². The van der Waals surface area contributed by atoms with Crippen molar-refractivity contribution >= 4 is 17.6 Å². The minimum atomic E-state index is -0.858. The lowest BCUT2D eigenvalue weighted by Gasteiger charge is -2.14. The molecule has 2 N–H and O–H groups in total. The number of furan rings is 1. The lowest BCUT2D eigenvalue weighted by atomic mass is 10.2. The number of anilines is 1. The maximum absolute atomic E-state index is 11.9. The quantitative estimate of drug-likeness (QED) is 0.479. The largest absolute Gasteiger partial charge is 0.491 e. The van der Waals surface area contributed by atoms with Gasteiger partial charge in [-0.3, -0.25) is 4.79 Å². The van der Waals surface area contributed by atoms with Gasteiger partial charge in [0.05, 0.1) is 18.4 Å². The van der Waals surface area contributed by atoms with Crippen molar-refractivity contribution in [3.63, 3.8) is 0 Å². The molecule has 1 heterocycles. The van der Waals surface area contributed by atoms with Crippen LogP contribution in [0.5, 0.6) is 11.5 Å². The van der Waals surface area contributed by atoms with Crippen LogP contribution in [0.3, 0.4) is 0 Å². The lowest BCUT2D eigenvalue weighted by Crippen LogP contribution is -2.25. The molecule has 3 rings (SSSR count). The molecular formula is C23H23NO7. The first-order valence-corrected chi connectivity index (χ1v) is 9.71. The van der Waals surface area contributed by atoms with E-state index in [-0.39, 0.29) is 24.9 Å². The van der Waals surface area contributed by atoms with Crippen molar-refractivity contribution in [3.8, 4) is 11.5 Å². The summed E-state index contributed by atoms with van der Waals surface area (Å²) in [7, 11) is 0. The number of carbonyl (C=O) groups excluding carboxylic acids is 2. The second-order valence-corrected chi connectivity index (χ2v) is 6.48. The molecule has 8 heteroatoms. The molecule has 0 fully saturated rings. The van der Waals surface area contributed by atoms with Gasteiger partial charge in [-0.1, -0.05) is 0 Å². The molecule has 0 aliphatic carbocycles. The van der Waals surface area contributed by atoms with Gasteiger partial charge in [0.2, 0.25) is 0 Å². The van der Waals surface area contributed by atoms with E-state index in [0.717, 1.165) is 0 Å². The number of rotatable bonds is 10. The van der Waals surface area contributed by atoms with Crippen molar-refractivity contribution in [2.45, 2.75) is 13.0 Å². The van der Waals surface area contributed by atoms with Gasteiger partial charge < -0.3 is 29.1 Å². The van der Waals surface area contributed by atoms with Crippen molar-refractivity contribution in [1.82, 2.24) is 0 Å². The zero-order valence-corrected chi connectivity index (χ0v) is 16.9. The molecule has 8 nitrogen and oxygen atoms in total. The second-order valence-electron chi connectivity index (χ2n) is 6.48. The normalized spacial score (nSPS) is 11.4. The van der Waals surface area contributed by atoms with Crippen LogP contribution in [-0.4, -0.2) is 42.9 Å². The van der Waals surface area contributed by atoms with Gasteiger partial charge in [-0.05, 0) is 67.6 Å². The Balaban J connectivity index is 1.40. The molecule has 3 aromatic rings. The molecule has 162 valence electrons. The Hall–Kier alpha value is -3.78. The maximum atomic E-state index is 11.9. The highest BCUT2D eigenvalue weighted by molar-refractivity contribution is 6.02. The average molecular weight is 425 g/mol. The number of hydrogen-bond donors (Lipinski definition) is 2. The molecule has 1 unspecified atom stereocenters.